The third-order valence-corrected chi connectivity index (χ3v) is 6.64. The summed E-state index contributed by atoms with van der Waals surface area (Å²) < 4.78 is 7.78. The molecule has 2 amide bonds. The van der Waals surface area contributed by atoms with E-state index >= 15 is 0 Å². The molecule has 2 aliphatic heterocycles. The number of carbonyl (C=O) groups excluding carboxylic acids is 2. The first-order chi connectivity index (χ1) is 17.2. The molecule has 0 bridgehead atoms. The van der Waals surface area contributed by atoms with Gasteiger partial charge < -0.3 is 29.3 Å². The Morgan fingerprint density at radius 3 is 2.58 bits per heavy atom. The Morgan fingerprint density at radius 1 is 1.17 bits per heavy atom. The van der Waals surface area contributed by atoms with E-state index in [9.17, 15) is 9.59 Å². The number of hydrogen-bond donors (Lipinski definition) is 1. The number of likely N-dealkylation sites (N-methyl/N-ethyl adjacent to an activating group) is 1. The summed E-state index contributed by atoms with van der Waals surface area (Å²) in [5.74, 6) is 1.41. The molecule has 2 fully saturated rings. The van der Waals surface area contributed by atoms with E-state index in [2.05, 4.69) is 34.1 Å². The molecule has 0 radical (unpaired) electrons. The standard InChI is InChI=1S/C25H38N8O3/c1-17(2)33-16-26-22-23(27-18(3)28-24(22)33)29-19-8-12-31(13-9-19)25(35)36-20-10-14-32(15-20)21(34)7-6-11-30(4)5/h6-7,16-17,19-20H,8-15H2,1-5H3,(H,27,28,29). The van der Waals surface area contributed by atoms with Crippen LogP contribution < -0.4 is 5.32 Å². The highest BCUT2D eigenvalue weighted by Gasteiger charge is 2.31. The molecule has 196 valence electrons. The summed E-state index contributed by atoms with van der Waals surface area (Å²) in [6.07, 6.45) is 6.95. The lowest BCUT2D eigenvalue weighted by molar-refractivity contribution is -0.125. The van der Waals surface area contributed by atoms with Crippen molar-refractivity contribution in [2.75, 3.05) is 52.1 Å². The number of nitrogens with zero attached hydrogens (tertiary/aromatic N) is 7. The zero-order chi connectivity index (χ0) is 25.8. The molecule has 0 aromatic carbocycles. The SMILES string of the molecule is Cc1nc(NC2CCN(C(=O)OC3CCN(C(=O)C=CCN(C)C)C3)CC2)c2ncn(C(C)C)c2n1. The number of likely N-dealkylation sites (tertiary alicyclic amines) is 2. The number of anilines is 1. The molecule has 11 heteroatoms. The van der Waals surface area contributed by atoms with E-state index in [1.165, 1.54) is 0 Å². The van der Waals surface area contributed by atoms with Crippen LogP contribution in [-0.4, -0.2) is 105 Å². The molecule has 2 aromatic rings. The van der Waals surface area contributed by atoms with Gasteiger partial charge in [0.2, 0.25) is 5.91 Å². The molecule has 2 aromatic heterocycles. The van der Waals surface area contributed by atoms with Gasteiger partial charge in [0.1, 0.15) is 17.4 Å². The number of nitrogens with one attached hydrogen (secondary N) is 1. The highest BCUT2D eigenvalue weighted by atomic mass is 16.6. The first kappa shape index (κ1) is 25.9. The first-order valence-corrected chi connectivity index (χ1v) is 12.7. The minimum Gasteiger partial charge on any atom is -0.444 e. The first-order valence-electron chi connectivity index (χ1n) is 12.7. The van der Waals surface area contributed by atoms with Crippen LogP contribution in [0.1, 0.15) is 45.0 Å². The monoisotopic (exact) mass is 498 g/mol. The number of amides is 2. The quantitative estimate of drug-likeness (QED) is 0.580. The van der Waals surface area contributed by atoms with Crippen LogP contribution in [0.15, 0.2) is 18.5 Å². The fraction of sp³-hybridized carbons (Fsp3) is 0.640. The van der Waals surface area contributed by atoms with E-state index in [1.807, 2.05) is 42.9 Å². The molecule has 1 atom stereocenters. The van der Waals surface area contributed by atoms with E-state index in [0.29, 0.717) is 45.0 Å². The van der Waals surface area contributed by atoms with Crippen LogP contribution in [-0.2, 0) is 9.53 Å². The number of aryl methyl sites for hydroxylation is 1. The van der Waals surface area contributed by atoms with Gasteiger partial charge in [0.15, 0.2) is 11.5 Å². The van der Waals surface area contributed by atoms with Crippen LogP contribution in [0.25, 0.3) is 11.2 Å². The summed E-state index contributed by atoms with van der Waals surface area (Å²) in [5.41, 5.74) is 1.60. The van der Waals surface area contributed by atoms with Gasteiger partial charge in [0.25, 0.3) is 0 Å². The van der Waals surface area contributed by atoms with Crippen LogP contribution in [0.2, 0.25) is 0 Å². The summed E-state index contributed by atoms with van der Waals surface area (Å²) in [5, 5.41) is 3.53. The van der Waals surface area contributed by atoms with Gasteiger partial charge in [-0.3, -0.25) is 4.79 Å². The fourth-order valence-corrected chi connectivity index (χ4v) is 4.62. The number of fused-ring (bicyclic) bond motifs is 1. The molecule has 1 unspecified atom stereocenters. The zero-order valence-corrected chi connectivity index (χ0v) is 22.0. The molecule has 36 heavy (non-hydrogen) atoms. The largest absolute Gasteiger partial charge is 0.444 e. The number of hydrogen-bond acceptors (Lipinski definition) is 8. The predicted octanol–water partition coefficient (Wildman–Crippen LogP) is 2.45. The molecule has 2 saturated heterocycles. The molecule has 4 heterocycles. The summed E-state index contributed by atoms with van der Waals surface area (Å²) in [7, 11) is 3.91. The molecule has 0 aliphatic carbocycles. The maximum Gasteiger partial charge on any atom is 0.410 e. The number of carbonyl (C=O) groups is 2. The lowest BCUT2D eigenvalue weighted by Gasteiger charge is -2.32. The van der Waals surface area contributed by atoms with Crippen molar-refractivity contribution in [3.8, 4) is 0 Å². The Hall–Kier alpha value is -3.21. The molecule has 2 aliphatic rings. The maximum absolute atomic E-state index is 12.8. The predicted molar refractivity (Wildman–Crippen MR) is 138 cm³/mol. The minimum atomic E-state index is -0.299. The summed E-state index contributed by atoms with van der Waals surface area (Å²) in [6.45, 7) is 9.06. The molecule has 11 nitrogen and oxygen atoms in total. The molecule has 0 spiro atoms. The topological polar surface area (TPSA) is 109 Å². The number of imidazole rings is 1. The second-order valence-corrected chi connectivity index (χ2v) is 10.2. The van der Waals surface area contributed by atoms with Gasteiger partial charge in [-0.2, -0.15) is 0 Å². The van der Waals surface area contributed by atoms with Crippen molar-refractivity contribution < 1.29 is 14.3 Å². The number of piperidine rings is 1. The van der Waals surface area contributed by atoms with Crippen molar-refractivity contribution in [2.24, 2.45) is 0 Å². The van der Waals surface area contributed by atoms with Crippen molar-refractivity contribution in [1.29, 1.82) is 0 Å². The molecule has 4 rings (SSSR count). The van der Waals surface area contributed by atoms with E-state index in [4.69, 9.17) is 4.74 Å². The van der Waals surface area contributed by atoms with Crippen molar-refractivity contribution in [3.05, 3.63) is 24.3 Å². The number of aromatic nitrogens is 4. The maximum atomic E-state index is 12.8. The Bertz CT molecular complexity index is 1100. The second-order valence-electron chi connectivity index (χ2n) is 10.2. The fourth-order valence-electron chi connectivity index (χ4n) is 4.62. The third kappa shape index (κ3) is 6.13. The van der Waals surface area contributed by atoms with Gasteiger partial charge in [0, 0.05) is 50.8 Å². The van der Waals surface area contributed by atoms with E-state index in [1.54, 1.807) is 15.9 Å². The van der Waals surface area contributed by atoms with Crippen molar-refractivity contribution in [1.82, 2.24) is 34.2 Å². The average Bonchev–Trinajstić information content (AvgIpc) is 3.46. The second kappa shape index (κ2) is 11.2. The lowest BCUT2D eigenvalue weighted by Crippen LogP contribution is -2.44. The Kier molecular flexibility index (Phi) is 8.07. The van der Waals surface area contributed by atoms with Gasteiger partial charge >= 0.3 is 6.09 Å². The number of rotatable bonds is 7. The molecular formula is C25H38N8O3. The summed E-state index contributed by atoms with van der Waals surface area (Å²) >= 11 is 0. The highest BCUT2D eigenvalue weighted by Crippen LogP contribution is 2.24. The number of ether oxygens (including phenoxy) is 1. The van der Waals surface area contributed by atoms with Crippen LogP contribution in [0.3, 0.4) is 0 Å². The van der Waals surface area contributed by atoms with Gasteiger partial charge in [0.05, 0.1) is 12.9 Å². The van der Waals surface area contributed by atoms with Gasteiger partial charge in [-0.25, -0.2) is 19.7 Å². The Morgan fingerprint density at radius 2 is 1.89 bits per heavy atom. The van der Waals surface area contributed by atoms with Crippen molar-refractivity contribution in [2.45, 2.75) is 58.2 Å². The normalized spacial score (nSPS) is 19.2. The Balaban J connectivity index is 1.26. The Labute approximate surface area is 212 Å². The van der Waals surface area contributed by atoms with Crippen LogP contribution in [0.4, 0.5) is 10.6 Å². The highest BCUT2D eigenvalue weighted by molar-refractivity contribution is 5.88. The molecule has 1 N–H and O–H groups in total. The van der Waals surface area contributed by atoms with Crippen LogP contribution >= 0.6 is 0 Å². The molecular weight excluding hydrogens is 460 g/mol. The minimum absolute atomic E-state index is 0.0328. The van der Waals surface area contributed by atoms with Gasteiger partial charge in [-0.15, -0.1) is 0 Å². The zero-order valence-electron chi connectivity index (χ0n) is 22.0. The molecule has 0 saturated carbocycles. The lowest BCUT2D eigenvalue weighted by atomic mass is 10.1. The van der Waals surface area contributed by atoms with Crippen molar-refractivity contribution >= 4 is 29.0 Å². The van der Waals surface area contributed by atoms with E-state index in [-0.39, 0.29) is 30.2 Å². The van der Waals surface area contributed by atoms with Crippen molar-refractivity contribution in [3.63, 3.8) is 0 Å². The van der Waals surface area contributed by atoms with Gasteiger partial charge in [-0.1, -0.05) is 6.08 Å². The third-order valence-electron chi connectivity index (χ3n) is 6.64. The van der Waals surface area contributed by atoms with Crippen LogP contribution in [0, 0.1) is 6.92 Å². The van der Waals surface area contributed by atoms with E-state index < -0.39 is 0 Å². The average molecular weight is 499 g/mol. The van der Waals surface area contributed by atoms with Crippen LogP contribution in [0.5, 0.6) is 0 Å². The van der Waals surface area contributed by atoms with E-state index in [0.717, 1.165) is 29.8 Å². The smallest absolute Gasteiger partial charge is 0.410 e. The van der Waals surface area contributed by atoms with Gasteiger partial charge in [-0.05, 0) is 47.7 Å². The summed E-state index contributed by atoms with van der Waals surface area (Å²) in [4.78, 5) is 44.3. The summed E-state index contributed by atoms with van der Waals surface area (Å²) in [6, 6.07) is 0.445.